The van der Waals surface area contributed by atoms with Crippen molar-refractivity contribution in [2.24, 2.45) is 17.6 Å². The second kappa shape index (κ2) is 7.60. The number of rotatable bonds is 0. The quantitative estimate of drug-likeness (QED) is 0.325. The van der Waals surface area contributed by atoms with E-state index in [2.05, 4.69) is 26.4 Å². The van der Waals surface area contributed by atoms with Gasteiger partial charge in [-0.05, 0) is 37.5 Å². The molecule has 0 heterocycles. The summed E-state index contributed by atoms with van der Waals surface area (Å²) >= 11 is 3.44. The number of carbonyl (C=O) groups excluding carboxylic acids is 1. The molecule has 2 aliphatic rings. The summed E-state index contributed by atoms with van der Waals surface area (Å²) in [6.07, 6.45) is 5.39. The van der Waals surface area contributed by atoms with E-state index in [1.807, 2.05) is 0 Å². The van der Waals surface area contributed by atoms with Crippen LogP contribution < -0.4 is 5.73 Å². The Morgan fingerprint density at radius 3 is 1.92 bits per heavy atom. The fourth-order valence-corrected chi connectivity index (χ4v) is 2.06. The van der Waals surface area contributed by atoms with E-state index in [-0.39, 0.29) is 12.5 Å². The monoisotopic (exact) mass is 223 g/mol. The molecule has 0 spiro atoms. The van der Waals surface area contributed by atoms with Gasteiger partial charge in [-0.3, -0.25) is 4.79 Å². The summed E-state index contributed by atoms with van der Waals surface area (Å²) in [6.45, 7) is 0. The maximum atomic E-state index is 9.22. The van der Waals surface area contributed by atoms with E-state index in [1.165, 1.54) is 19.3 Å². The lowest BCUT2D eigenvalue weighted by molar-refractivity contribution is -0.106. The Balaban J connectivity index is 0.000000251. The largest absolute Gasteiger partial charge is 0.393 e. The van der Waals surface area contributed by atoms with Gasteiger partial charge in [0.25, 0.3) is 0 Å². The number of hydrogen-bond donors (Lipinski definition) is 3. The molecule has 3 nitrogen and oxygen atoms in total. The molecule has 0 radical (unpaired) electrons. The molecule has 5 heteroatoms. The van der Waals surface area contributed by atoms with Crippen LogP contribution in [0.3, 0.4) is 0 Å². The zero-order valence-corrected chi connectivity index (χ0v) is 9.64. The highest BCUT2D eigenvalue weighted by atomic mass is 32.7. The molecule has 0 aliphatic heterocycles. The molecule has 0 aromatic heterocycles. The van der Waals surface area contributed by atoms with Crippen LogP contribution in [0, 0.1) is 11.8 Å². The first-order valence-electron chi connectivity index (χ1n) is 4.39. The third kappa shape index (κ3) is 3.84. The van der Waals surface area contributed by atoms with E-state index < -0.39 is 0 Å². The standard InChI is InChI=1S/C7H12O.CH3NO.H3PS/c8-7-4-2-5-1-3-6(5)7;2-1-3;1-2/h5-8H,1-4H2;1H,(H2,2,3);2H,1H2. The molecular weight excluding hydrogens is 205 g/mol. The molecule has 0 bridgehead atoms. The van der Waals surface area contributed by atoms with Crippen molar-refractivity contribution in [2.45, 2.75) is 31.8 Å². The first-order chi connectivity index (χ1) is 6.29. The van der Waals surface area contributed by atoms with Crippen LogP contribution in [-0.4, -0.2) is 17.6 Å². The van der Waals surface area contributed by atoms with Gasteiger partial charge in [-0.2, -0.15) is 12.2 Å². The smallest absolute Gasteiger partial charge is 0.204 e. The molecule has 1 amide bonds. The first kappa shape index (κ1) is 13.2. The molecule has 2 fully saturated rings. The van der Waals surface area contributed by atoms with Gasteiger partial charge in [0.1, 0.15) is 0 Å². The lowest BCUT2D eigenvalue weighted by Gasteiger charge is -2.31. The molecular formula is C8H18NO2PS. The third-order valence-corrected chi connectivity index (χ3v) is 2.80. The molecule has 0 saturated heterocycles. The van der Waals surface area contributed by atoms with Gasteiger partial charge in [0, 0.05) is 0 Å². The minimum absolute atomic E-state index is 0.0775. The van der Waals surface area contributed by atoms with Crippen LogP contribution in [0.2, 0.25) is 0 Å². The number of thiol groups is 1. The Kier molecular flexibility index (Phi) is 7.72. The molecule has 3 N–H and O–H groups in total. The molecule has 78 valence electrons. The molecule has 2 aliphatic carbocycles. The van der Waals surface area contributed by atoms with Crippen molar-refractivity contribution in [2.75, 3.05) is 0 Å². The Morgan fingerprint density at radius 1 is 1.31 bits per heavy atom. The molecule has 2 rings (SSSR count). The fraction of sp³-hybridized carbons (Fsp3) is 0.875. The lowest BCUT2D eigenvalue weighted by atomic mass is 9.76. The maximum Gasteiger partial charge on any atom is 0.204 e. The van der Waals surface area contributed by atoms with Gasteiger partial charge < -0.3 is 10.8 Å². The maximum absolute atomic E-state index is 9.22. The second-order valence-electron chi connectivity index (χ2n) is 3.28. The van der Waals surface area contributed by atoms with E-state index in [1.54, 1.807) is 0 Å². The van der Waals surface area contributed by atoms with Gasteiger partial charge >= 0.3 is 0 Å². The summed E-state index contributed by atoms with van der Waals surface area (Å²) in [5.41, 5.74) is 4.17. The molecule has 0 aromatic rings. The Bertz CT molecular complexity index is 142. The summed E-state index contributed by atoms with van der Waals surface area (Å²) in [7, 11) is 2.11. The van der Waals surface area contributed by atoms with Crippen molar-refractivity contribution in [1.82, 2.24) is 0 Å². The molecule has 2 saturated carbocycles. The van der Waals surface area contributed by atoms with Crippen molar-refractivity contribution in [3.63, 3.8) is 0 Å². The van der Waals surface area contributed by atoms with Crippen molar-refractivity contribution >= 4 is 27.1 Å². The zero-order valence-electron chi connectivity index (χ0n) is 7.60. The third-order valence-electron chi connectivity index (χ3n) is 2.80. The molecule has 4 unspecified atom stereocenters. The number of primary amides is 1. The number of hydrogen-bond acceptors (Lipinski definition) is 3. The minimum Gasteiger partial charge on any atom is -0.393 e. The van der Waals surface area contributed by atoms with Crippen LogP contribution in [-0.2, 0) is 4.79 Å². The molecule has 13 heavy (non-hydrogen) atoms. The number of fused-ring (bicyclic) bond motifs is 1. The van der Waals surface area contributed by atoms with Crippen LogP contribution in [0.25, 0.3) is 0 Å². The Hall–Kier alpha value is 0.210. The second-order valence-corrected chi connectivity index (χ2v) is 3.28. The van der Waals surface area contributed by atoms with Crippen LogP contribution >= 0.6 is 20.7 Å². The molecule has 0 aromatic carbocycles. The van der Waals surface area contributed by atoms with Gasteiger partial charge in [0.05, 0.1) is 6.10 Å². The molecule has 4 atom stereocenters. The SMILES string of the molecule is NC=O.OC1CCC2CCC12.PS. The number of aliphatic hydroxyl groups excluding tert-OH is 1. The van der Waals surface area contributed by atoms with E-state index in [0.717, 1.165) is 18.3 Å². The summed E-state index contributed by atoms with van der Waals surface area (Å²) in [4.78, 5) is 8.58. The van der Waals surface area contributed by atoms with Crippen molar-refractivity contribution in [3.8, 4) is 0 Å². The number of carbonyl (C=O) groups is 1. The van der Waals surface area contributed by atoms with Crippen LogP contribution in [0.1, 0.15) is 25.7 Å². The minimum atomic E-state index is 0.0775. The summed E-state index contributed by atoms with van der Waals surface area (Å²) in [5.74, 6) is 1.64. The summed E-state index contributed by atoms with van der Waals surface area (Å²) in [6, 6.07) is 0. The Morgan fingerprint density at radius 2 is 1.77 bits per heavy atom. The Labute approximate surface area is 86.8 Å². The normalized spacial score (nSPS) is 33.9. The fourth-order valence-electron chi connectivity index (χ4n) is 2.06. The van der Waals surface area contributed by atoms with Gasteiger partial charge in [-0.25, -0.2) is 0 Å². The zero-order chi connectivity index (χ0) is 10.3. The first-order valence-corrected chi connectivity index (χ1v) is 6.45. The highest BCUT2D eigenvalue weighted by molar-refractivity contribution is 8.31. The van der Waals surface area contributed by atoms with Gasteiger partial charge in [-0.1, -0.05) is 8.44 Å². The summed E-state index contributed by atoms with van der Waals surface area (Å²) < 4.78 is 0. The predicted octanol–water partition coefficient (Wildman–Crippen LogP) is 0.975. The number of nitrogens with two attached hydrogens (primary N) is 1. The van der Waals surface area contributed by atoms with E-state index in [0.29, 0.717) is 0 Å². The summed E-state index contributed by atoms with van der Waals surface area (Å²) in [5, 5.41) is 9.22. The average molecular weight is 223 g/mol. The van der Waals surface area contributed by atoms with Crippen molar-refractivity contribution < 1.29 is 9.90 Å². The van der Waals surface area contributed by atoms with Gasteiger partial charge in [0.2, 0.25) is 6.41 Å². The lowest BCUT2D eigenvalue weighted by Crippen LogP contribution is -2.27. The van der Waals surface area contributed by atoms with E-state index >= 15 is 0 Å². The van der Waals surface area contributed by atoms with E-state index in [9.17, 15) is 5.11 Å². The van der Waals surface area contributed by atoms with Gasteiger partial charge in [0.15, 0.2) is 0 Å². The highest BCUT2D eigenvalue weighted by Crippen LogP contribution is 2.46. The van der Waals surface area contributed by atoms with Crippen LogP contribution in [0.15, 0.2) is 0 Å². The number of amides is 1. The van der Waals surface area contributed by atoms with Crippen LogP contribution in [0.4, 0.5) is 0 Å². The van der Waals surface area contributed by atoms with Crippen molar-refractivity contribution in [3.05, 3.63) is 0 Å². The van der Waals surface area contributed by atoms with Crippen molar-refractivity contribution in [1.29, 1.82) is 0 Å². The predicted molar refractivity (Wildman–Crippen MR) is 60.4 cm³/mol. The average Bonchev–Trinajstić information content (AvgIpc) is 2.30. The van der Waals surface area contributed by atoms with Crippen LogP contribution in [0.5, 0.6) is 0 Å². The topological polar surface area (TPSA) is 63.3 Å². The number of aliphatic hydroxyl groups is 1. The van der Waals surface area contributed by atoms with E-state index in [4.69, 9.17) is 4.79 Å². The highest BCUT2D eigenvalue weighted by Gasteiger charge is 2.40. The van der Waals surface area contributed by atoms with Gasteiger partial charge in [-0.15, -0.1) is 0 Å².